The smallest absolute Gasteiger partial charge is 0.255 e. The maximum atomic E-state index is 12.7. The van der Waals surface area contributed by atoms with Crippen LogP contribution < -0.4 is 10.3 Å². The zero-order valence-electron chi connectivity index (χ0n) is 16.2. The number of fused-ring (bicyclic) bond motifs is 1. The number of aromatic nitrogens is 2. The number of benzene rings is 1. The molecule has 0 atom stereocenters. The summed E-state index contributed by atoms with van der Waals surface area (Å²) in [4.78, 5) is 22.7. The Hall–Kier alpha value is -2.54. The first-order valence-corrected chi connectivity index (χ1v) is 9.98. The monoisotopic (exact) mass is 385 g/mol. The Balaban J connectivity index is 1.52. The van der Waals surface area contributed by atoms with Crippen LogP contribution in [0.4, 0.5) is 0 Å². The van der Waals surface area contributed by atoms with Gasteiger partial charge in [0, 0.05) is 32.0 Å². The van der Waals surface area contributed by atoms with Gasteiger partial charge in [0.05, 0.1) is 18.4 Å². The number of hydrogen-bond acceptors (Lipinski definition) is 6. The van der Waals surface area contributed by atoms with E-state index in [1.807, 2.05) is 0 Å². The number of H-pyrrole nitrogens is 1. The van der Waals surface area contributed by atoms with Crippen LogP contribution >= 0.6 is 0 Å². The lowest BCUT2D eigenvalue weighted by molar-refractivity contribution is 0.240. The van der Waals surface area contributed by atoms with Gasteiger partial charge in [-0.15, -0.1) is 0 Å². The van der Waals surface area contributed by atoms with Crippen LogP contribution in [0.2, 0.25) is 0 Å². The molecule has 28 heavy (non-hydrogen) atoms. The molecule has 0 saturated heterocycles. The van der Waals surface area contributed by atoms with Gasteiger partial charge in [0.25, 0.3) is 5.56 Å². The molecule has 4 rings (SSSR count). The third-order valence-electron chi connectivity index (χ3n) is 5.90. The van der Waals surface area contributed by atoms with Crippen LogP contribution in [0.25, 0.3) is 0 Å². The van der Waals surface area contributed by atoms with Crippen LogP contribution in [-0.2, 0) is 19.5 Å². The van der Waals surface area contributed by atoms with Crippen molar-refractivity contribution in [3.05, 3.63) is 45.1 Å². The number of aromatic amines is 1. The van der Waals surface area contributed by atoms with Gasteiger partial charge in [-0.3, -0.25) is 9.69 Å². The molecule has 1 aliphatic heterocycles. The largest absolute Gasteiger partial charge is 0.504 e. The van der Waals surface area contributed by atoms with E-state index in [4.69, 9.17) is 9.72 Å². The highest BCUT2D eigenvalue weighted by Crippen LogP contribution is 2.37. The Morgan fingerprint density at radius 1 is 1.25 bits per heavy atom. The van der Waals surface area contributed by atoms with Crippen molar-refractivity contribution in [2.75, 3.05) is 13.7 Å². The van der Waals surface area contributed by atoms with Crippen LogP contribution in [0.5, 0.6) is 17.2 Å². The second kappa shape index (κ2) is 7.83. The molecular weight excluding hydrogens is 358 g/mol. The van der Waals surface area contributed by atoms with Crippen molar-refractivity contribution in [1.29, 1.82) is 0 Å². The zero-order chi connectivity index (χ0) is 19.7. The molecule has 0 bridgehead atoms. The normalized spacial score (nSPS) is 18.0. The fraction of sp³-hybridized carbons (Fsp3) is 0.524. The van der Waals surface area contributed by atoms with Crippen molar-refractivity contribution in [2.24, 2.45) is 0 Å². The second-order valence-corrected chi connectivity index (χ2v) is 7.84. The molecule has 2 heterocycles. The summed E-state index contributed by atoms with van der Waals surface area (Å²) in [6.07, 6.45) is 6.66. The number of phenolic OH excluding ortho intramolecular Hbond substituents is 2. The third-order valence-corrected chi connectivity index (χ3v) is 5.90. The van der Waals surface area contributed by atoms with E-state index < -0.39 is 0 Å². The maximum Gasteiger partial charge on any atom is 0.255 e. The van der Waals surface area contributed by atoms with E-state index in [1.54, 1.807) is 6.07 Å². The van der Waals surface area contributed by atoms with Crippen molar-refractivity contribution in [1.82, 2.24) is 14.9 Å². The highest BCUT2D eigenvalue weighted by Gasteiger charge is 2.25. The predicted octanol–water partition coefficient (Wildman–Crippen LogP) is 2.80. The van der Waals surface area contributed by atoms with Gasteiger partial charge in [0.2, 0.25) is 5.75 Å². The Bertz CT molecular complexity index is 919. The molecule has 1 aromatic carbocycles. The number of ether oxygens (including phenoxy) is 1. The van der Waals surface area contributed by atoms with Gasteiger partial charge < -0.3 is 19.9 Å². The number of nitrogens with one attached hydrogen (secondary N) is 1. The summed E-state index contributed by atoms with van der Waals surface area (Å²) >= 11 is 0. The van der Waals surface area contributed by atoms with Crippen molar-refractivity contribution >= 4 is 0 Å². The van der Waals surface area contributed by atoms with Crippen LogP contribution in [0.1, 0.15) is 60.7 Å². The summed E-state index contributed by atoms with van der Waals surface area (Å²) in [7, 11) is 1.45. The SMILES string of the molecule is COc1cc(CN2CCc3nc(C4CCCCC4)[nH]c(=O)c3C2)cc(O)c1O. The first-order chi connectivity index (χ1) is 13.5. The highest BCUT2D eigenvalue weighted by atomic mass is 16.5. The number of rotatable bonds is 4. The van der Waals surface area contributed by atoms with E-state index in [2.05, 4.69) is 9.88 Å². The lowest BCUT2D eigenvalue weighted by atomic mass is 9.88. The lowest BCUT2D eigenvalue weighted by Crippen LogP contribution is -2.36. The van der Waals surface area contributed by atoms with Gasteiger partial charge in [-0.1, -0.05) is 19.3 Å². The molecule has 0 spiro atoms. The summed E-state index contributed by atoms with van der Waals surface area (Å²) in [6, 6.07) is 3.24. The minimum atomic E-state index is -0.258. The first kappa shape index (κ1) is 18.8. The minimum absolute atomic E-state index is 0.0265. The van der Waals surface area contributed by atoms with Crippen LogP contribution in [0.15, 0.2) is 16.9 Å². The summed E-state index contributed by atoms with van der Waals surface area (Å²) in [5, 5.41) is 19.7. The number of nitrogens with zero attached hydrogens (tertiary/aromatic N) is 2. The Morgan fingerprint density at radius 2 is 2.04 bits per heavy atom. The molecule has 1 fully saturated rings. The van der Waals surface area contributed by atoms with Gasteiger partial charge >= 0.3 is 0 Å². The average Bonchev–Trinajstić information content (AvgIpc) is 2.71. The summed E-state index contributed by atoms with van der Waals surface area (Å²) in [5.74, 6) is 1.03. The third kappa shape index (κ3) is 3.71. The number of phenols is 2. The quantitative estimate of drug-likeness (QED) is 0.700. The molecule has 1 aliphatic carbocycles. The first-order valence-electron chi connectivity index (χ1n) is 9.98. The van der Waals surface area contributed by atoms with Gasteiger partial charge in [-0.05, 0) is 30.5 Å². The van der Waals surface area contributed by atoms with E-state index in [0.29, 0.717) is 19.0 Å². The zero-order valence-corrected chi connectivity index (χ0v) is 16.2. The average molecular weight is 385 g/mol. The summed E-state index contributed by atoms with van der Waals surface area (Å²) in [5.41, 5.74) is 2.45. The van der Waals surface area contributed by atoms with Crippen LogP contribution in [-0.4, -0.2) is 38.7 Å². The van der Waals surface area contributed by atoms with Gasteiger partial charge in [0.1, 0.15) is 5.82 Å². The van der Waals surface area contributed by atoms with E-state index >= 15 is 0 Å². The summed E-state index contributed by atoms with van der Waals surface area (Å²) in [6.45, 7) is 1.86. The Kier molecular flexibility index (Phi) is 5.26. The molecule has 2 aromatic rings. The molecule has 2 aliphatic rings. The van der Waals surface area contributed by atoms with E-state index in [9.17, 15) is 15.0 Å². The van der Waals surface area contributed by atoms with E-state index in [0.717, 1.165) is 48.5 Å². The Morgan fingerprint density at radius 3 is 2.79 bits per heavy atom. The van der Waals surface area contributed by atoms with Gasteiger partial charge in [-0.2, -0.15) is 0 Å². The fourth-order valence-corrected chi connectivity index (χ4v) is 4.36. The summed E-state index contributed by atoms with van der Waals surface area (Å²) < 4.78 is 5.11. The predicted molar refractivity (Wildman–Crippen MR) is 105 cm³/mol. The van der Waals surface area contributed by atoms with Crippen molar-refractivity contribution in [2.45, 2.75) is 57.5 Å². The van der Waals surface area contributed by atoms with Crippen molar-refractivity contribution < 1.29 is 14.9 Å². The molecule has 7 nitrogen and oxygen atoms in total. The molecule has 7 heteroatoms. The molecule has 3 N–H and O–H groups in total. The molecular formula is C21H27N3O4. The molecule has 0 amide bonds. The molecule has 1 aromatic heterocycles. The minimum Gasteiger partial charge on any atom is -0.504 e. The topological polar surface area (TPSA) is 98.7 Å². The molecule has 150 valence electrons. The number of hydrogen-bond donors (Lipinski definition) is 3. The second-order valence-electron chi connectivity index (χ2n) is 7.84. The van der Waals surface area contributed by atoms with Gasteiger partial charge in [0.15, 0.2) is 11.5 Å². The highest BCUT2D eigenvalue weighted by molar-refractivity contribution is 5.51. The lowest BCUT2D eigenvalue weighted by Gasteiger charge is -2.29. The molecule has 0 radical (unpaired) electrons. The van der Waals surface area contributed by atoms with E-state index in [-0.39, 0.29) is 22.8 Å². The maximum absolute atomic E-state index is 12.7. The molecule has 0 unspecified atom stereocenters. The van der Waals surface area contributed by atoms with Crippen LogP contribution in [0.3, 0.4) is 0 Å². The number of methoxy groups -OCH3 is 1. The standard InChI is InChI=1S/C21H27N3O4/c1-28-18-10-13(9-17(25)19(18)26)11-24-8-7-16-15(12-24)21(27)23-20(22-16)14-5-3-2-4-6-14/h9-10,14,25-26H,2-8,11-12H2,1H3,(H,22,23,27). The number of aromatic hydroxyl groups is 2. The fourth-order valence-electron chi connectivity index (χ4n) is 4.36. The molecule has 1 saturated carbocycles. The van der Waals surface area contributed by atoms with E-state index in [1.165, 1.54) is 32.4 Å². The van der Waals surface area contributed by atoms with Gasteiger partial charge in [-0.25, -0.2) is 4.98 Å². The van der Waals surface area contributed by atoms with Crippen molar-refractivity contribution in [3.8, 4) is 17.2 Å². The van der Waals surface area contributed by atoms with Crippen LogP contribution in [0, 0.1) is 0 Å². The van der Waals surface area contributed by atoms with Crippen molar-refractivity contribution in [3.63, 3.8) is 0 Å². The Labute approximate surface area is 164 Å².